The Morgan fingerprint density at radius 3 is 2.16 bits per heavy atom. The number of hydrogen-bond acceptors (Lipinski definition) is 1. The summed E-state index contributed by atoms with van der Waals surface area (Å²) in [7, 11) is 0. The quantitative estimate of drug-likeness (QED) is 0.662. The molecule has 1 heteroatoms. The summed E-state index contributed by atoms with van der Waals surface area (Å²) in [6.07, 6.45) is 8.51. The normalized spacial score (nSPS) is 29.8. The van der Waals surface area contributed by atoms with E-state index in [0.29, 0.717) is 5.41 Å². The van der Waals surface area contributed by atoms with Gasteiger partial charge in [0.05, 0.1) is 0 Å². The van der Waals surface area contributed by atoms with Gasteiger partial charge in [0.15, 0.2) is 0 Å². The molecule has 0 unspecified atom stereocenters. The Bertz CT molecular complexity index is 607. The molecule has 5 rings (SSSR count). The van der Waals surface area contributed by atoms with E-state index in [1.165, 1.54) is 49.3 Å². The van der Waals surface area contributed by atoms with Crippen molar-refractivity contribution in [3.05, 3.63) is 42.0 Å². The van der Waals surface area contributed by atoms with E-state index in [0.717, 1.165) is 10.8 Å². The number of hydrogen-bond donors (Lipinski definition) is 1. The average Bonchev–Trinajstić information content (AvgIpc) is 2.49. The molecular weight excluding hydrogens is 248 g/mol. The summed E-state index contributed by atoms with van der Waals surface area (Å²) >= 11 is 4.63. The molecule has 98 valence electrons. The SMILES string of the molecule is Sc1ccc(C23CCC(CC2)CC3)c2ccccc12. The number of rotatable bonds is 1. The molecule has 0 heterocycles. The Hall–Kier alpha value is -0.950. The highest BCUT2D eigenvalue weighted by Crippen LogP contribution is 2.53. The van der Waals surface area contributed by atoms with Crippen LogP contribution >= 0.6 is 12.6 Å². The predicted molar refractivity (Wildman–Crippen MR) is 84.1 cm³/mol. The molecule has 0 spiro atoms. The van der Waals surface area contributed by atoms with Crippen LogP contribution in [0.4, 0.5) is 0 Å². The number of benzene rings is 2. The Morgan fingerprint density at radius 1 is 0.842 bits per heavy atom. The lowest BCUT2D eigenvalue weighted by molar-refractivity contribution is 0.137. The Morgan fingerprint density at radius 2 is 1.47 bits per heavy atom. The second-order valence-corrected chi connectivity index (χ2v) is 6.92. The van der Waals surface area contributed by atoms with Crippen molar-refractivity contribution in [3.8, 4) is 0 Å². The zero-order valence-corrected chi connectivity index (χ0v) is 12.1. The van der Waals surface area contributed by atoms with Crippen LogP contribution in [0.1, 0.15) is 44.1 Å². The van der Waals surface area contributed by atoms with Crippen LogP contribution in [0, 0.1) is 5.92 Å². The van der Waals surface area contributed by atoms with Crippen molar-refractivity contribution in [3.63, 3.8) is 0 Å². The third-order valence-corrected chi connectivity index (χ3v) is 5.96. The monoisotopic (exact) mass is 268 g/mol. The van der Waals surface area contributed by atoms with E-state index in [1.54, 1.807) is 5.56 Å². The molecule has 0 nitrogen and oxygen atoms in total. The first kappa shape index (κ1) is 11.8. The largest absolute Gasteiger partial charge is 0.143 e. The molecule has 0 atom stereocenters. The van der Waals surface area contributed by atoms with E-state index >= 15 is 0 Å². The topological polar surface area (TPSA) is 0 Å². The van der Waals surface area contributed by atoms with Crippen LogP contribution in [0.3, 0.4) is 0 Å². The zero-order valence-electron chi connectivity index (χ0n) is 11.2. The molecule has 0 aromatic heterocycles. The Kier molecular flexibility index (Phi) is 2.66. The maximum Gasteiger partial charge on any atom is 0.0119 e. The summed E-state index contributed by atoms with van der Waals surface area (Å²) in [5.41, 5.74) is 2.06. The smallest absolute Gasteiger partial charge is 0.0119 e. The second kappa shape index (κ2) is 4.28. The van der Waals surface area contributed by atoms with E-state index < -0.39 is 0 Å². The van der Waals surface area contributed by atoms with Gasteiger partial charge in [0.25, 0.3) is 0 Å². The summed E-state index contributed by atoms with van der Waals surface area (Å²) < 4.78 is 0. The van der Waals surface area contributed by atoms with Gasteiger partial charge in [-0.3, -0.25) is 0 Å². The first-order valence-electron chi connectivity index (χ1n) is 7.50. The maximum absolute atomic E-state index is 4.63. The van der Waals surface area contributed by atoms with Gasteiger partial charge >= 0.3 is 0 Å². The molecule has 0 N–H and O–H groups in total. The molecule has 0 radical (unpaired) electrons. The van der Waals surface area contributed by atoms with Crippen molar-refractivity contribution < 1.29 is 0 Å². The highest BCUT2D eigenvalue weighted by molar-refractivity contribution is 7.80. The molecular formula is C18H20S. The van der Waals surface area contributed by atoms with E-state index in [2.05, 4.69) is 49.0 Å². The third-order valence-electron chi connectivity index (χ3n) is 5.57. The molecule has 0 aliphatic heterocycles. The van der Waals surface area contributed by atoms with Gasteiger partial charge in [0.2, 0.25) is 0 Å². The van der Waals surface area contributed by atoms with Crippen molar-refractivity contribution >= 4 is 23.4 Å². The zero-order chi connectivity index (χ0) is 12.9. The summed E-state index contributed by atoms with van der Waals surface area (Å²) in [5, 5.41) is 2.76. The minimum Gasteiger partial charge on any atom is -0.143 e. The molecule has 0 amide bonds. The molecule has 2 aromatic rings. The lowest BCUT2D eigenvalue weighted by atomic mass is 9.57. The highest BCUT2D eigenvalue weighted by Gasteiger charge is 2.42. The second-order valence-electron chi connectivity index (χ2n) is 6.44. The Labute approximate surface area is 120 Å². The van der Waals surface area contributed by atoms with Gasteiger partial charge in [-0.25, -0.2) is 0 Å². The van der Waals surface area contributed by atoms with E-state index in [9.17, 15) is 0 Å². The van der Waals surface area contributed by atoms with Gasteiger partial charge in [0, 0.05) is 4.90 Å². The van der Waals surface area contributed by atoms with Crippen LogP contribution in [0.5, 0.6) is 0 Å². The van der Waals surface area contributed by atoms with Crippen LogP contribution < -0.4 is 0 Å². The summed E-state index contributed by atoms with van der Waals surface area (Å²) in [6, 6.07) is 13.4. The van der Waals surface area contributed by atoms with Gasteiger partial charge in [-0.2, -0.15) is 0 Å². The van der Waals surface area contributed by atoms with Gasteiger partial charge < -0.3 is 0 Å². The van der Waals surface area contributed by atoms with Crippen molar-refractivity contribution in [1.29, 1.82) is 0 Å². The van der Waals surface area contributed by atoms with Crippen molar-refractivity contribution in [2.75, 3.05) is 0 Å². The molecule has 2 aromatic carbocycles. The van der Waals surface area contributed by atoms with Crippen molar-refractivity contribution in [1.82, 2.24) is 0 Å². The fraction of sp³-hybridized carbons (Fsp3) is 0.444. The maximum atomic E-state index is 4.63. The highest BCUT2D eigenvalue weighted by atomic mass is 32.1. The molecule has 3 aliphatic carbocycles. The molecule has 3 fully saturated rings. The molecule has 3 aliphatic rings. The van der Waals surface area contributed by atoms with E-state index in [4.69, 9.17) is 0 Å². The lowest BCUT2D eigenvalue weighted by Crippen LogP contribution is -2.37. The fourth-order valence-electron chi connectivity index (χ4n) is 4.40. The standard InChI is InChI=1S/C18H20S/c19-17-6-5-16(14-3-1-2-4-15(14)17)18-10-7-13(8-11-18)9-12-18/h1-6,13,19H,7-12H2. The van der Waals surface area contributed by atoms with Crippen LogP contribution in [-0.2, 0) is 5.41 Å². The van der Waals surface area contributed by atoms with Crippen LogP contribution in [0.25, 0.3) is 10.8 Å². The number of fused-ring (bicyclic) bond motifs is 4. The van der Waals surface area contributed by atoms with Gasteiger partial charge in [0.1, 0.15) is 0 Å². The minimum absolute atomic E-state index is 0.468. The number of thiol groups is 1. The van der Waals surface area contributed by atoms with Gasteiger partial charge in [-0.1, -0.05) is 30.3 Å². The summed E-state index contributed by atoms with van der Waals surface area (Å²) in [6.45, 7) is 0. The lowest BCUT2D eigenvalue weighted by Gasteiger charge is -2.47. The van der Waals surface area contributed by atoms with Gasteiger partial charge in [-0.15, -0.1) is 12.6 Å². The molecule has 3 saturated carbocycles. The van der Waals surface area contributed by atoms with Crippen LogP contribution in [0.2, 0.25) is 0 Å². The first-order chi connectivity index (χ1) is 9.28. The minimum atomic E-state index is 0.468. The molecule has 19 heavy (non-hydrogen) atoms. The molecule has 2 bridgehead atoms. The van der Waals surface area contributed by atoms with Gasteiger partial charge in [-0.05, 0) is 72.3 Å². The van der Waals surface area contributed by atoms with Crippen LogP contribution in [0.15, 0.2) is 41.3 Å². The molecule has 0 saturated heterocycles. The third kappa shape index (κ3) is 1.74. The van der Waals surface area contributed by atoms with Crippen LogP contribution in [-0.4, -0.2) is 0 Å². The van der Waals surface area contributed by atoms with Crippen molar-refractivity contribution in [2.45, 2.75) is 48.8 Å². The average molecular weight is 268 g/mol. The van der Waals surface area contributed by atoms with E-state index in [1.807, 2.05) is 0 Å². The Balaban J connectivity index is 1.93. The van der Waals surface area contributed by atoms with Crippen molar-refractivity contribution in [2.24, 2.45) is 5.92 Å². The fourth-order valence-corrected chi connectivity index (χ4v) is 4.67. The first-order valence-corrected chi connectivity index (χ1v) is 7.94. The predicted octanol–water partition coefficient (Wildman–Crippen LogP) is 5.35. The van der Waals surface area contributed by atoms with E-state index in [-0.39, 0.29) is 0 Å². The summed E-state index contributed by atoms with van der Waals surface area (Å²) in [5.74, 6) is 1.03. The summed E-state index contributed by atoms with van der Waals surface area (Å²) in [4.78, 5) is 1.11.